The monoisotopic (exact) mass is 496 g/mol. The van der Waals surface area contributed by atoms with Gasteiger partial charge in [-0.05, 0) is 37.0 Å². The predicted molar refractivity (Wildman–Crippen MR) is 111 cm³/mol. The Balaban J connectivity index is 1.83. The van der Waals surface area contributed by atoms with Crippen LogP contribution in [0.5, 0.6) is 0 Å². The Labute approximate surface area is 192 Å². The fourth-order valence-electron chi connectivity index (χ4n) is 4.04. The van der Waals surface area contributed by atoms with Crippen molar-refractivity contribution in [2.24, 2.45) is 11.7 Å². The molecule has 3 N–H and O–H groups in total. The van der Waals surface area contributed by atoms with E-state index in [1.54, 1.807) is 0 Å². The van der Waals surface area contributed by atoms with Gasteiger partial charge in [0.25, 0.3) is 5.91 Å². The number of morpholine rings is 1. The van der Waals surface area contributed by atoms with Crippen LogP contribution < -0.4 is 16.0 Å². The lowest BCUT2D eigenvalue weighted by Crippen LogP contribution is -2.53. The van der Waals surface area contributed by atoms with Crippen molar-refractivity contribution in [1.29, 1.82) is 0 Å². The fraction of sp³-hybridized carbons (Fsp3) is 0.619. The average Bonchev–Trinajstić information content (AvgIpc) is 2.70. The van der Waals surface area contributed by atoms with Crippen LogP contribution in [0.2, 0.25) is 0 Å². The first kappa shape index (κ1) is 26.2. The third-order valence-corrected chi connectivity index (χ3v) is 5.91. The summed E-state index contributed by atoms with van der Waals surface area (Å²) in [7, 11) is 0. The lowest BCUT2D eigenvalue weighted by atomic mass is 9.85. The number of rotatable bonds is 8. The van der Waals surface area contributed by atoms with Crippen molar-refractivity contribution < 1.29 is 40.7 Å². The number of hydrogen-bond acceptors (Lipinski definition) is 5. The molecular formula is C21H26F6N4O3. The second-order valence-corrected chi connectivity index (χ2v) is 8.41. The lowest BCUT2D eigenvalue weighted by molar-refractivity contribution is -0.155. The molecule has 34 heavy (non-hydrogen) atoms. The number of hydrogen-bond donors (Lipinski definition) is 2. The molecule has 1 aliphatic heterocycles. The summed E-state index contributed by atoms with van der Waals surface area (Å²) in [6.45, 7) is -2.15. The summed E-state index contributed by atoms with van der Waals surface area (Å²) in [4.78, 5) is 26.7. The van der Waals surface area contributed by atoms with Gasteiger partial charge in [0.1, 0.15) is 12.6 Å². The molecule has 0 aromatic heterocycles. The highest BCUT2D eigenvalue weighted by Crippen LogP contribution is 2.39. The van der Waals surface area contributed by atoms with Crippen molar-refractivity contribution >= 4 is 23.2 Å². The van der Waals surface area contributed by atoms with E-state index in [1.165, 1.54) is 6.07 Å². The zero-order valence-electron chi connectivity index (χ0n) is 18.2. The summed E-state index contributed by atoms with van der Waals surface area (Å²) in [6, 6.07) is 1.49. The van der Waals surface area contributed by atoms with E-state index in [0.717, 1.165) is 35.1 Å². The van der Waals surface area contributed by atoms with Gasteiger partial charge in [-0.1, -0.05) is 6.42 Å². The number of carbonyl (C=O) groups is 2. The van der Waals surface area contributed by atoms with Crippen molar-refractivity contribution in [3.8, 4) is 0 Å². The number of alkyl halides is 6. The number of anilines is 2. The molecule has 3 rings (SSSR count). The standard InChI is InChI=1S/C21H26F6N4O3/c22-20(23,24)12-30(10-13-2-1-3-13)17(9-28)19(33)29-14-4-5-16(15(8-14)21(25,26)27)31-6-7-34-11-18(31)32/h4-5,8,13,17H,1-3,6-7,9-12,28H2,(H,29,33)/t17-/m0/s1. The topological polar surface area (TPSA) is 87.9 Å². The molecular weight excluding hydrogens is 470 g/mol. The molecule has 0 radical (unpaired) electrons. The Kier molecular flexibility index (Phi) is 8.09. The number of carbonyl (C=O) groups excluding carboxylic acids is 2. The number of benzene rings is 1. The van der Waals surface area contributed by atoms with Crippen molar-refractivity contribution in [3.63, 3.8) is 0 Å². The van der Waals surface area contributed by atoms with Crippen molar-refractivity contribution in [2.45, 2.75) is 37.7 Å². The molecule has 1 aliphatic carbocycles. The lowest BCUT2D eigenvalue weighted by Gasteiger charge is -2.36. The van der Waals surface area contributed by atoms with E-state index >= 15 is 0 Å². The Bertz CT molecular complexity index is 888. The maximum absolute atomic E-state index is 13.7. The molecule has 1 aromatic rings. The van der Waals surface area contributed by atoms with Gasteiger partial charge in [0, 0.05) is 25.3 Å². The molecule has 7 nitrogen and oxygen atoms in total. The van der Waals surface area contributed by atoms with Gasteiger partial charge in [-0.3, -0.25) is 14.5 Å². The number of halogens is 6. The molecule has 2 amide bonds. The number of nitrogens with two attached hydrogens (primary N) is 1. The van der Waals surface area contributed by atoms with Gasteiger partial charge < -0.3 is 20.7 Å². The minimum atomic E-state index is -4.85. The number of nitrogens with one attached hydrogen (secondary N) is 1. The number of nitrogens with zero attached hydrogens (tertiary/aromatic N) is 2. The second-order valence-electron chi connectivity index (χ2n) is 8.41. The first-order valence-electron chi connectivity index (χ1n) is 10.8. The van der Waals surface area contributed by atoms with Crippen LogP contribution in [0.1, 0.15) is 24.8 Å². The highest BCUT2D eigenvalue weighted by Gasteiger charge is 2.39. The van der Waals surface area contributed by atoms with Gasteiger partial charge in [0.15, 0.2) is 0 Å². The van der Waals surface area contributed by atoms with E-state index in [0.29, 0.717) is 6.07 Å². The summed E-state index contributed by atoms with van der Waals surface area (Å²) < 4.78 is 85.5. The Hall–Kier alpha value is -2.38. The molecule has 1 saturated heterocycles. The first-order chi connectivity index (χ1) is 15.9. The Morgan fingerprint density at radius 2 is 1.94 bits per heavy atom. The Morgan fingerprint density at radius 1 is 1.24 bits per heavy atom. The molecule has 13 heteroatoms. The molecule has 1 heterocycles. The first-order valence-corrected chi connectivity index (χ1v) is 10.8. The summed E-state index contributed by atoms with van der Waals surface area (Å²) in [6.07, 6.45) is -7.06. The predicted octanol–water partition coefficient (Wildman–Crippen LogP) is 3.00. The van der Waals surface area contributed by atoms with Gasteiger partial charge >= 0.3 is 12.4 Å². The van der Waals surface area contributed by atoms with E-state index in [-0.39, 0.29) is 37.9 Å². The molecule has 190 valence electrons. The summed E-state index contributed by atoms with van der Waals surface area (Å²) >= 11 is 0. The van der Waals surface area contributed by atoms with E-state index in [9.17, 15) is 35.9 Å². The smallest absolute Gasteiger partial charge is 0.370 e. The van der Waals surface area contributed by atoms with Gasteiger partial charge in [-0.25, -0.2) is 0 Å². The number of ether oxygens (including phenoxy) is 1. The molecule has 0 unspecified atom stereocenters. The minimum absolute atomic E-state index is 0.00590. The van der Waals surface area contributed by atoms with Gasteiger partial charge in [-0.15, -0.1) is 0 Å². The van der Waals surface area contributed by atoms with Crippen LogP contribution in [0.15, 0.2) is 18.2 Å². The quantitative estimate of drug-likeness (QED) is 0.541. The van der Waals surface area contributed by atoms with E-state index in [4.69, 9.17) is 10.5 Å². The number of amides is 2. The zero-order chi connectivity index (χ0) is 25.1. The summed E-state index contributed by atoms with van der Waals surface area (Å²) in [5.74, 6) is -1.57. The van der Waals surface area contributed by atoms with Crippen LogP contribution in [0.25, 0.3) is 0 Å². The molecule has 1 aromatic carbocycles. The third-order valence-electron chi connectivity index (χ3n) is 5.91. The van der Waals surface area contributed by atoms with Crippen LogP contribution >= 0.6 is 0 Å². The molecule has 0 bridgehead atoms. The maximum Gasteiger partial charge on any atom is 0.418 e. The van der Waals surface area contributed by atoms with Gasteiger partial charge in [0.2, 0.25) is 5.91 Å². The molecule has 2 aliphatic rings. The van der Waals surface area contributed by atoms with Crippen LogP contribution in [-0.2, 0) is 20.5 Å². The van der Waals surface area contributed by atoms with Crippen LogP contribution in [0.3, 0.4) is 0 Å². The van der Waals surface area contributed by atoms with Crippen molar-refractivity contribution in [3.05, 3.63) is 23.8 Å². The van der Waals surface area contributed by atoms with Crippen LogP contribution in [0, 0.1) is 5.92 Å². The molecule has 1 saturated carbocycles. The molecule has 2 fully saturated rings. The highest BCUT2D eigenvalue weighted by atomic mass is 19.4. The molecule has 0 spiro atoms. The van der Waals surface area contributed by atoms with Gasteiger partial charge in [-0.2, -0.15) is 26.3 Å². The van der Waals surface area contributed by atoms with E-state index in [1.807, 2.05) is 0 Å². The summed E-state index contributed by atoms with van der Waals surface area (Å²) in [5, 5.41) is 2.27. The average molecular weight is 496 g/mol. The van der Waals surface area contributed by atoms with Crippen LogP contribution in [-0.4, -0.2) is 68.3 Å². The summed E-state index contributed by atoms with van der Waals surface area (Å²) in [5.41, 5.74) is 3.79. The van der Waals surface area contributed by atoms with Gasteiger partial charge in [0.05, 0.1) is 24.4 Å². The van der Waals surface area contributed by atoms with Crippen molar-refractivity contribution in [2.75, 3.05) is 49.6 Å². The second kappa shape index (κ2) is 10.5. The van der Waals surface area contributed by atoms with Crippen molar-refractivity contribution in [1.82, 2.24) is 4.90 Å². The van der Waals surface area contributed by atoms with Crippen LogP contribution in [0.4, 0.5) is 37.7 Å². The largest absolute Gasteiger partial charge is 0.418 e. The Morgan fingerprint density at radius 3 is 2.47 bits per heavy atom. The van der Waals surface area contributed by atoms with E-state index in [2.05, 4.69) is 5.32 Å². The SMILES string of the molecule is NC[C@@H](C(=O)Nc1ccc(N2CCOCC2=O)c(C(F)(F)F)c1)N(CC1CCC1)CC(F)(F)F. The maximum atomic E-state index is 13.7. The zero-order valence-corrected chi connectivity index (χ0v) is 18.2. The fourth-order valence-corrected chi connectivity index (χ4v) is 4.04. The van der Waals surface area contributed by atoms with E-state index < -0.39 is 54.5 Å². The molecule has 1 atom stereocenters. The third kappa shape index (κ3) is 6.60. The normalized spacial score (nSPS) is 18.7. The highest BCUT2D eigenvalue weighted by molar-refractivity contribution is 5.98. The minimum Gasteiger partial charge on any atom is -0.370 e.